The van der Waals surface area contributed by atoms with Crippen molar-refractivity contribution in [3.63, 3.8) is 0 Å². The third kappa shape index (κ3) is 3.37. The molecular formula is C24H14N8OS. The fraction of sp³-hybridized carbons (Fsp3) is 0. The van der Waals surface area contributed by atoms with Gasteiger partial charge in [0.2, 0.25) is 0 Å². The minimum Gasteiger partial charge on any atom is -0.246 e. The molecule has 0 unspecified atom stereocenters. The van der Waals surface area contributed by atoms with Crippen LogP contribution in [0, 0.1) is 0 Å². The van der Waals surface area contributed by atoms with Crippen molar-refractivity contribution in [2.24, 2.45) is 0 Å². The quantitative estimate of drug-likeness (QED) is 0.386. The molecule has 0 saturated heterocycles. The summed E-state index contributed by atoms with van der Waals surface area (Å²) in [5.74, 6) is 0.891. The monoisotopic (exact) mass is 462 g/mol. The summed E-state index contributed by atoms with van der Waals surface area (Å²) in [6.07, 6.45) is 6.57. The second kappa shape index (κ2) is 8.41. The second-order valence-electron chi connectivity index (χ2n) is 7.21. The van der Waals surface area contributed by atoms with Gasteiger partial charge >= 0.3 is 0 Å². The largest absolute Gasteiger partial charge is 0.246 e. The first-order chi connectivity index (χ1) is 16.8. The zero-order valence-electron chi connectivity index (χ0n) is 17.5. The average molecular weight is 462 g/mol. The molecule has 0 spiro atoms. The van der Waals surface area contributed by atoms with E-state index in [4.69, 9.17) is 0 Å². The Kier molecular flexibility index (Phi) is 4.96. The van der Waals surface area contributed by atoms with Crippen LogP contribution in [-0.2, 0) is 10.8 Å². The molecule has 10 heteroatoms. The summed E-state index contributed by atoms with van der Waals surface area (Å²) in [4.78, 5) is 17.2. The van der Waals surface area contributed by atoms with Crippen LogP contribution in [0.5, 0.6) is 0 Å². The zero-order valence-corrected chi connectivity index (χ0v) is 18.3. The summed E-state index contributed by atoms with van der Waals surface area (Å²) in [6.45, 7) is 0. The third-order valence-corrected chi connectivity index (χ3v) is 6.52. The Balaban J connectivity index is 1.53. The first kappa shape index (κ1) is 20.1. The fourth-order valence-corrected chi connectivity index (χ4v) is 4.87. The van der Waals surface area contributed by atoms with Crippen LogP contribution in [0.4, 0.5) is 0 Å². The number of rotatable bonds is 4. The molecule has 0 N–H and O–H groups in total. The van der Waals surface area contributed by atoms with Crippen molar-refractivity contribution in [3.8, 4) is 23.0 Å². The van der Waals surface area contributed by atoms with Crippen molar-refractivity contribution in [2.45, 2.75) is 10.1 Å². The van der Waals surface area contributed by atoms with Crippen LogP contribution in [0.1, 0.15) is 0 Å². The highest BCUT2D eigenvalue weighted by Crippen LogP contribution is 2.32. The topological polar surface area (TPSA) is 120 Å². The van der Waals surface area contributed by atoms with Gasteiger partial charge in [0.15, 0.2) is 21.7 Å². The first-order valence-corrected chi connectivity index (χ1v) is 11.4. The molecule has 34 heavy (non-hydrogen) atoms. The van der Waals surface area contributed by atoms with E-state index in [-0.39, 0.29) is 0 Å². The highest BCUT2D eigenvalue weighted by Gasteiger charge is 2.22. The van der Waals surface area contributed by atoms with Crippen LogP contribution < -0.4 is 0 Å². The smallest absolute Gasteiger partial charge is 0.180 e. The van der Waals surface area contributed by atoms with Gasteiger partial charge in [-0.2, -0.15) is 0 Å². The fourth-order valence-electron chi connectivity index (χ4n) is 3.70. The summed E-state index contributed by atoms with van der Waals surface area (Å²) in [5.41, 5.74) is 1.04. The zero-order chi connectivity index (χ0) is 22.9. The molecule has 6 aromatic rings. The molecule has 0 radical (unpaired) electrons. The van der Waals surface area contributed by atoms with Crippen molar-refractivity contribution in [2.75, 3.05) is 0 Å². The lowest BCUT2D eigenvalue weighted by Gasteiger charge is -2.10. The number of fused-ring (bicyclic) bond motifs is 2. The summed E-state index contributed by atoms with van der Waals surface area (Å²) >= 11 is 0. The molecule has 6 rings (SSSR count). The second-order valence-corrected chi connectivity index (χ2v) is 8.52. The summed E-state index contributed by atoms with van der Waals surface area (Å²) in [6, 6.07) is 18.4. The molecule has 0 aliphatic rings. The molecule has 2 aromatic carbocycles. The number of nitrogens with zero attached hydrogens (tertiary/aromatic N) is 8. The minimum absolute atomic E-state index is 0.290. The van der Waals surface area contributed by atoms with Gasteiger partial charge in [0, 0.05) is 46.3 Å². The van der Waals surface area contributed by atoms with E-state index in [1.54, 1.807) is 36.9 Å². The maximum atomic E-state index is 13.8. The Morgan fingerprint density at radius 1 is 0.471 bits per heavy atom. The lowest BCUT2D eigenvalue weighted by Crippen LogP contribution is -2.06. The van der Waals surface area contributed by atoms with Gasteiger partial charge in [-0.1, -0.05) is 48.5 Å². The van der Waals surface area contributed by atoms with Crippen molar-refractivity contribution < 1.29 is 4.21 Å². The Bertz CT molecular complexity index is 1550. The van der Waals surface area contributed by atoms with Crippen LogP contribution in [0.15, 0.2) is 95.5 Å². The predicted molar refractivity (Wildman–Crippen MR) is 126 cm³/mol. The van der Waals surface area contributed by atoms with Crippen LogP contribution in [0.2, 0.25) is 0 Å². The Morgan fingerprint density at radius 3 is 1.26 bits per heavy atom. The van der Waals surface area contributed by atoms with E-state index in [1.165, 1.54) is 0 Å². The number of benzene rings is 2. The maximum Gasteiger partial charge on any atom is 0.180 e. The van der Waals surface area contributed by atoms with Gasteiger partial charge in [-0.3, -0.25) is 0 Å². The lowest BCUT2D eigenvalue weighted by molar-refractivity contribution is 0.675. The summed E-state index contributed by atoms with van der Waals surface area (Å²) < 4.78 is 13.8. The van der Waals surface area contributed by atoms with Crippen LogP contribution in [0.3, 0.4) is 0 Å². The van der Waals surface area contributed by atoms with Gasteiger partial charge in [0.25, 0.3) is 0 Å². The maximum absolute atomic E-state index is 13.8. The van der Waals surface area contributed by atoms with Crippen molar-refractivity contribution in [3.05, 3.63) is 85.5 Å². The summed E-state index contributed by atoms with van der Waals surface area (Å²) in [5, 5.41) is 20.8. The molecule has 0 aliphatic carbocycles. The van der Waals surface area contributed by atoms with E-state index >= 15 is 0 Å². The van der Waals surface area contributed by atoms with Gasteiger partial charge in [-0.05, 0) is 12.1 Å². The van der Waals surface area contributed by atoms with E-state index in [2.05, 4.69) is 40.3 Å². The highest BCUT2D eigenvalue weighted by atomic mass is 32.2. The highest BCUT2D eigenvalue weighted by molar-refractivity contribution is 7.85. The molecule has 0 aliphatic heterocycles. The van der Waals surface area contributed by atoms with Gasteiger partial charge < -0.3 is 0 Å². The molecule has 4 heterocycles. The van der Waals surface area contributed by atoms with E-state index in [0.29, 0.717) is 43.9 Å². The van der Waals surface area contributed by atoms with E-state index in [0.717, 1.165) is 10.8 Å². The van der Waals surface area contributed by atoms with Crippen molar-refractivity contribution in [1.29, 1.82) is 0 Å². The Hall–Kier alpha value is -4.57. The number of hydrogen-bond donors (Lipinski definition) is 0. The third-order valence-electron chi connectivity index (χ3n) is 5.21. The van der Waals surface area contributed by atoms with E-state index < -0.39 is 10.8 Å². The molecule has 0 atom stereocenters. The van der Waals surface area contributed by atoms with E-state index in [9.17, 15) is 4.21 Å². The Morgan fingerprint density at radius 2 is 0.853 bits per heavy atom. The van der Waals surface area contributed by atoms with Crippen molar-refractivity contribution >= 4 is 32.3 Å². The van der Waals surface area contributed by atoms with Gasteiger partial charge in [-0.15, -0.1) is 20.4 Å². The first-order valence-electron chi connectivity index (χ1n) is 10.3. The van der Waals surface area contributed by atoms with Gasteiger partial charge in [0.1, 0.15) is 22.2 Å². The molecule has 4 aromatic heterocycles. The summed E-state index contributed by atoms with van der Waals surface area (Å²) in [7, 11) is -1.75. The van der Waals surface area contributed by atoms with Crippen LogP contribution in [-0.4, -0.2) is 44.5 Å². The van der Waals surface area contributed by atoms with Crippen LogP contribution >= 0.6 is 0 Å². The molecule has 0 amide bonds. The molecule has 0 fully saturated rings. The van der Waals surface area contributed by atoms with Crippen LogP contribution in [0.25, 0.3) is 44.6 Å². The molecule has 9 nitrogen and oxygen atoms in total. The molecule has 0 bridgehead atoms. The predicted octanol–water partition coefficient (Wildman–Crippen LogP) is 3.65. The average Bonchev–Trinajstić information content (AvgIpc) is 2.92. The minimum atomic E-state index is -1.75. The van der Waals surface area contributed by atoms with E-state index in [1.807, 2.05) is 48.5 Å². The normalized spacial score (nSPS) is 11.3. The number of aromatic nitrogens is 8. The van der Waals surface area contributed by atoms with Crippen molar-refractivity contribution in [1.82, 2.24) is 40.3 Å². The lowest BCUT2D eigenvalue weighted by atomic mass is 10.1. The molecule has 162 valence electrons. The van der Waals surface area contributed by atoms with Gasteiger partial charge in [0.05, 0.1) is 0 Å². The standard InChI is InChI=1S/C24H14N8OS/c33-34(23-17-9-3-1-7-15(17)19(29-31-23)21-25-11-5-12-26-21)24-18-10-4-2-8-16(18)20(30-32-24)22-27-13-6-14-28-22/h1-14H. The Labute approximate surface area is 195 Å². The number of hydrogen-bond acceptors (Lipinski definition) is 9. The SMILES string of the molecule is O=S(c1nnc(-c2ncccn2)c2ccccc12)c1nnc(-c2ncccn2)c2ccccc12. The van der Waals surface area contributed by atoms with Gasteiger partial charge in [-0.25, -0.2) is 24.1 Å². The molecule has 0 saturated carbocycles. The molecular weight excluding hydrogens is 448 g/mol.